The van der Waals surface area contributed by atoms with Crippen LogP contribution >= 0.6 is 0 Å². The minimum Gasteiger partial charge on any atom is -0.467 e. The summed E-state index contributed by atoms with van der Waals surface area (Å²) in [5.74, 6) is -0.180. The molecule has 0 saturated heterocycles. The molecular formula is C19H20FNO5S. The molecule has 0 aromatic heterocycles. The predicted octanol–water partition coefficient (Wildman–Crippen LogP) is 2.38. The van der Waals surface area contributed by atoms with E-state index in [-0.39, 0.29) is 36.6 Å². The van der Waals surface area contributed by atoms with Gasteiger partial charge < -0.3 is 14.8 Å². The fourth-order valence-electron chi connectivity index (χ4n) is 2.92. The first-order chi connectivity index (χ1) is 12.8. The molecule has 0 spiro atoms. The number of carbonyl (C=O) groups excluding carboxylic acids is 1. The SMILES string of the molecule is Cc1ccc(S(C)(=O)=O)cc1C(=O)NCCc1cc(F)cc2c1OCOC2. The molecule has 0 saturated carbocycles. The number of sulfone groups is 1. The monoisotopic (exact) mass is 393 g/mol. The van der Waals surface area contributed by atoms with Gasteiger partial charge in [0.05, 0.1) is 11.5 Å². The van der Waals surface area contributed by atoms with Crippen LogP contribution in [0.15, 0.2) is 35.2 Å². The third kappa shape index (κ3) is 4.45. The molecule has 3 rings (SSSR count). The predicted molar refractivity (Wildman–Crippen MR) is 97.0 cm³/mol. The molecule has 0 atom stereocenters. The molecule has 0 aliphatic carbocycles. The minimum atomic E-state index is -3.40. The summed E-state index contributed by atoms with van der Waals surface area (Å²) >= 11 is 0. The molecule has 6 nitrogen and oxygen atoms in total. The number of amides is 1. The van der Waals surface area contributed by atoms with Crippen molar-refractivity contribution in [2.24, 2.45) is 0 Å². The second-order valence-corrected chi connectivity index (χ2v) is 8.43. The topological polar surface area (TPSA) is 81.7 Å². The Morgan fingerprint density at radius 2 is 2.04 bits per heavy atom. The lowest BCUT2D eigenvalue weighted by Gasteiger charge is -2.21. The second kappa shape index (κ2) is 7.66. The van der Waals surface area contributed by atoms with Crippen molar-refractivity contribution in [3.63, 3.8) is 0 Å². The third-order valence-electron chi connectivity index (χ3n) is 4.31. The molecular weight excluding hydrogens is 373 g/mol. The molecule has 27 heavy (non-hydrogen) atoms. The van der Waals surface area contributed by atoms with Gasteiger partial charge in [-0.25, -0.2) is 12.8 Å². The number of rotatable bonds is 5. The first kappa shape index (κ1) is 19.3. The molecule has 0 fully saturated rings. The van der Waals surface area contributed by atoms with Gasteiger partial charge in [0.15, 0.2) is 16.6 Å². The lowest BCUT2D eigenvalue weighted by molar-refractivity contribution is -0.0172. The highest BCUT2D eigenvalue weighted by atomic mass is 32.2. The highest BCUT2D eigenvalue weighted by Gasteiger charge is 2.18. The van der Waals surface area contributed by atoms with E-state index in [0.717, 1.165) is 6.26 Å². The molecule has 1 heterocycles. The Labute approximate surface area is 157 Å². The smallest absolute Gasteiger partial charge is 0.251 e. The van der Waals surface area contributed by atoms with Crippen LogP contribution < -0.4 is 10.1 Å². The molecule has 8 heteroatoms. The van der Waals surface area contributed by atoms with Crippen LogP contribution in [0.5, 0.6) is 5.75 Å². The number of halogens is 1. The van der Waals surface area contributed by atoms with Gasteiger partial charge in [-0.2, -0.15) is 0 Å². The standard InChI is InChI=1S/C19H20FNO5S/c1-12-3-4-16(27(2,23)24)9-17(12)19(22)21-6-5-13-7-15(20)8-14-10-25-11-26-18(13)14/h3-4,7-9H,5-6,10-11H2,1-2H3,(H,21,22). The highest BCUT2D eigenvalue weighted by molar-refractivity contribution is 7.90. The summed E-state index contributed by atoms with van der Waals surface area (Å²) in [5, 5.41) is 2.75. The van der Waals surface area contributed by atoms with Crippen LogP contribution in [0.1, 0.15) is 27.0 Å². The maximum Gasteiger partial charge on any atom is 0.251 e. The van der Waals surface area contributed by atoms with Crippen molar-refractivity contribution in [1.29, 1.82) is 0 Å². The largest absolute Gasteiger partial charge is 0.467 e. The maximum absolute atomic E-state index is 13.8. The van der Waals surface area contributed by atoms with Crippen LogP contribution in [0, 0.1) is 12.7 Å². The zero-order valence-electron chi connectivity index (χ0n) is 15.0. The first-order valence-electron chi connectivity index (χ1n) is 8.36. The molecule has 1 aliphatic heterocycles. The summed E-state index contributed by atoms with van der Waals surface area (Å²) in [4.78, 5) is 12.5. The van der Waals surface area contributed by atoms with Crippen LogP contribution in [0.4, 0.5) is 4.39 Å². The van der Waals surface area contributed by atoms with E-state index in [1.807, 2.05) is 0 Å². The molecule has 1 N–H and O–H groups in total. The van der Waals surface area contributed by atoms with Gasteiger partial charge in [0.1, 0.15) is 11.6 Å². The van der Waals surface area contributed by atoms with Crippen molar-refractivity contribution in [2.75, 3.05) is 19.6 Å². The molecule has 2 aromatic carbocycles. The van der Waals surface area contributed by atoms with E-state index in [9.17, 15) is 17.6 Å². The lowest BCUT2D eigenvalue weighted by Crippen LogP contribution is -2.27. The van der Waals surface area contributed by atoms with E-state index in [1.54, 1.807) is 13.0 Å². The van der Waals surface area contributed by atoms with Crippen LogP contribution in [-0.4, -0.2) is 33.9 Å². The van der Waals surface area contributed by atoms with Gasteiger partial charge in [-0.3, -0.25) is 4.79 Å². The summed E-state index contributed by atoms with van der Waals surface area (Å²) in [5.41, 5.74) is 2.25. The molecule has 0 radical (unpaired) electrons. The summed E-state index contributed by atoms with van der Waals surface area (Å²) in [6, 6.07) is 7.19. The van der Waals surface area contributed by atoms with Gasteiger partial charge >= 0.3 is 0 Å². The average molecular weight is 393 g/mol. The van der Waals surface area contributed by atoms with Gasteiger partial charge in [0.2, 0.25) is 0 Å². The van der Waals surface area contributed by atoms with Crippen molar-refractivity contribution in [3.8, 4) is 5.75 Å². The van der Waals surface area contributed by atoms with Gasteiger partial charge in [-0.1, -0.05) is 6.07 Å². The van der Waals surface area contributed by atoms with Crippen molar-refractivity contribution >= 4 is 15.7 Å². The summed E-state index contributed by atoms with van der Waals surface area (Å²) in [7, 11) is -3.40. The Balaban J connectivity index is 1.72. The molecule has 0 unspecified atom stereocenters. The van der Waals surface area contributed by atoms with E-state index in [1.165, 1.54) is 24.3 Å². The quantitative estimate of drug-likeness (QED) is 0.844. The number of hydrogen-bond acceptors (Lipinski definition) is 5. The zero-order chi connectivity index (χ0) is 19.6. The normalized spacial score (nSPS) is 13.6. The number of carbonyl (C=O) groups is 1. The minimum absolute atomic E-state index is 0.0888. The summed E-state index contributed by atoms with van der Waals surface area (Å²) in [6.07, 6.45) is 1.47. The molecule has 0 bridgehead atoms. The Morgan fingerprint density at radius 3 is 2.78 bits per heavy atom. The average Bonchev–Trinajstić information content (AvgIpc) is 2.60. The Kier molecular flexibility index (Phi) is 5.48. The number of hydrogen-bond donors (Lipinski definition) is 1. The zero-order valence-corrected chi connectivity index (χ0v) is 15.9. The number of nitrogens with one attached hydrogen (secondary N) is 1. The number of aryl methyl sites for hydroxylation is 1. The van der Waals surface area contributed by atoms with E-state index in [0.29, 0.717) is 34.4 Å². The summed E-state index contributed by atoms with van der Waals surface area (Å²) < 4.78 is 47.8. The van der Waals surface area contributed by atoms with Crippen molar-refractivity contribution < 1.29 is 27.1 Å². The van der Waals surface area contributed by atoms with Crippen molar-refractivity contribution in [1.82, 2.24) is 5.32 Å². The van der Waals surface area contributed by atoms with E-state index < -0.39 is 9.84 Å². The molecule has 144 valence electrons. The van der Waals surface area contributed by atoms with Gasteiger partial charge in [0.25, 0.3) is 5.91 Å². The third-order valence-corrected chi connectivity index (χ3v) is 5.42. The Morgan fingerprint density at radius 1 is 1.26 bits per heavy atom. The van der Waals surface area contributed by atoms with Crippen LogP contribution in [0.25, 0.3) is 0 Å². The highest BCUT2D eigenvalue weighted by Crippen LogP contribution is 2.29. The van der Waals surface area contributed by atoms with Crippen molar-refractivity contribution in [3.05, 3.63) is 58.4 Å². The van der Waals surface area contributed by atoms with E-state index >= 15 is 0 Å². The van der Waals surface area contributed by atoms with Gasteiger partial charge in [-0.05, 0) is 48.7 Å². The first-order valence-corrected chi connectivity index (χ1v) is 10.3. The van der Waals surface area contributed by atoms with Crippen LogP contribution in [0.3, 0.4) is 0 Å². The maximum atomic E-state index is 13.8. The van der Waals surface area contributed by atoms with Crippen molar-refractivity contribution in [2.45, 2.75) is 24.8 Å². The van der Waals surface area contributed by atoms with E-state index in [2.05, 4.69) is 5.32 Å². The Hall–Kier alpha value is -2.45. The molecule has 1 amide bonds. The molecule has 1 aliphatic rings. The lowest BCUT2D eigenvalue weighted by atomic mass is 10.0. The van der Waals surface area contributed by atoms with Gasteiger partial charge in [0, 0.05) is 23.9 Å². The summed E-state index contributed by atoms with van der Waals surface area (Å²) in [6.45, 7) is 2.37. The van der Waals surface area contributed by atoms with Crippen LogP contribution in [0.2, 0.25) is 0 Å². The molecule has 2 aromatic rings. The Bertz CT molecular complexity index is 988. The van der Waals surface area contributed by atoms with Gasteiger partial charge in [-0.15, -0.1) is 0 Å². The van der Waals surface area contributed by atoms with E-state index in [4.69, 9.17) is 9.47 Å². The number of benzene rings is 2. The van der Waals surface area contributed by atoms with Crippen LogP contribution in [-0.2, 0) is 27.6 Å². The fourth-order valence-corrected chi connectivity index (χ4v) is 3.57. The fraction of sp³-hybridized carbons (Fsp3) is 0.316. The second-order valence-electron chi connectivity index (χ2n) is 6.42. The number of fused-ring (bicyclic) bond motifs is 1. The number of ether oxygens (including phenoxy) is 2.